The first-order valence-electron chi connectivity index (χ1n) is 7.46. The SMILES string of the molecule is CCN(C#CC=Cc1ccc(Cl)cc1)S(=O)(=O)c1ccc(C)cc1. The Morgan fingerprint density at radius 1 is 1.08 bits per heavy atom. The monoisotopic (exact) mass is 359 g/mol. The van der Waals surface area contributed by atoms with Crippen molar-refractivity contribution in [1.82, 2.24) is 4.31 Å². The van der Waals surface area contributed by atoms with Crippen LogP contribution in [-0.2, 0) is 10.0 Å². The highest BCUT2D eigenvalue weighted by Crippen LogP contribution is 2.15. The topological polar surface area (TPSA) is 37.4 Å². The number of sulfonamides is 1. The minimum absolute atomic E-state index is 0.242. The van der Waals surface area contributed by atoms with E-state index in [1.807, 2.05) is 19.1 Å². The molecule has 0 spiro atoms. The third kappa shape index (κ3) is 4.64. The van der Waals surface area contributed by atoms with E-state index in [2.05, 4.69) is 12.0 Å². The largest absolute Gasteiger partial charge is 0.270 e. The van der Waals surface area contributed by atoms with E-state index in [0.29, 0.717) is 5.02 Å². The summed E-state index contributed by atoms with van der Waals surface area (Å²) >= 11 is 5.83. The highest BCUT2D eigenvalue weighted by atomic mass is 35.5. The maximum atomic E-state index is 12.6. The number of hydrogen-bond acceptors (Lipinski definition) is 2. The van der Waals surface area contributed by atoms with Gasteiger partial charge in [0.15, 0.2) is 0 Å². The van der Waals surface area contributed by atoms with E-state index in [9.17, 15) is 8.42 Å². The summed E-state index contributed by atoms with van der Waals surface area (Å²) in [4.78, 5) is 0.242. The summed E-state index contributed by atoms with van der Waals surface area (Å²) in [6, 6.07) is 16.7. The molecule has 2 aromatic rings. The van der Waals surface area contributed by atoms with Gasteiger partial charge in [-0.1, -0.05) is 47.4 Å². The molecule has 0 N–H and O–H groups in total. The van der Waals surface area contributed by atoms with Crippen LogP contribution in [0.3, 0.4) is 0 Å². The second-order valence-corrected chi connectivity index (χ2v) is 7.42. The zero-order chi connectivity index (χ0) is 17.6. The van der Waals surface area contributed by atoms with E-state index in [1.54, 1.807) is 55.5 Å². The van der Waals surface area contributed by atoms with Gasteiger partial charge in [-0.15, -0.1) is 0 Å². The molecule has 0 radical (unpaired) electrons. The molecule has 0 heterocycles. The van der Waals surface area contributed by atoms with Gasteiger partial charge in [-0.25, -0.2) is 12.7 Å². The number of benzene rings is 2. The molecule has 0 unspecified atom stereocenters. The first kappa shape index (κ1) is 18.1. The molecule has 124 valence electrons. The molecule has 0 saturated carbocycles. The van der Waals surface area contributed by atoms with Crippen LogP contribution in [0.2, 0.25) is 5.02 Å². The van der Waals surface area contributed by atoms with Crippen molar-refractivity contribution in [1.29, 1.82) is 0 Å². The molecule has 0 saturated heterocycles. The summed E-state index contributed by atoms with van der Waals surface area (Å²) in [5, 5.41) is 0.666. The van der Waals surface area contributed by atoms with E-state index in [-0.39, 0.29) is 11.4 Å². The van der Waals surface area contributed by atoms with Gasteiger partial charge in [-0.2, -0.15) is 0 Å². The van der Waals surface area contributed by atoms with Crippen molar-refractivity contribution in [2.24, 2.45) is 0 Å². The van der Waals surface area contributed by atoms with Gasteiger partial charge in [0.2, 0.25) is 0 Å². The van der Waals surface area contributed by atoms with Crippen molar-refractivity contribution in [2.75, 3.05) is 6.54 Å². The zero-order valence-electron chi connectivity index (χ0n) is 13.5. The van der Waals surface area contributed by atoms with Crippen LogP contribution in [0, 0.1) is 18.9 Å². The van der Waals surface area contributed by atoms with Gasteiger partial charge in [-0.05, 0) is 55.8 Å². The van der Waals surface area contributed by atoms with Crippen molar-refractivity contribution in [3.63, 3.8) is 0 Å². The predicted octanol–water partition coefficient (Wildman–Crippen LogP) is 4.33. The summed E-state index contributed by atoms with van der Waals surface area (Å²) in [6.07, 6.45) is 3.42. The van der Waals surface area contributed by atoms with E-state index >= 15 is 0 Å². The highest BCUT2D eigenvalue weighted by Gasteiger charge is 2.20. The van der Waals surface area contributed by atoms with Crippen LogP contribution in [0.15, 0.2) is 59.5 Å². The molecular formula is C19H18ClNO2S. The fraction of sp³-hybridized carbons (Fsp3) is 0.158. The van der Waals surface area contributed by atoms with Gasteiger partial charge in [0.1, 0.15) is 0 Å². The molecule has 0 aliphatic rings. The minimum Gasteiger partial charge on any atom is -0.224 e. The lowest BCUT2D eigenvalue weighted by Crippen LogP contribution is -2.26. The molecule has 2 aromatic carbocycles. The van der Waals surface area contributed by atoms with Crippen molar-refractivity contribution in [2.45, 2.75) is 18.7 Å². The number of nitrogens with zero attached hydrogens (tertiary/aromatic N) is 1. The lowest BCUT2D eigenvalue weighted by molar-refractivity contribution is 0.523. The van der Waals surface area contributed by atoms with Crippen LogP contribution < -0.4 is 0 Å². The molecule has 0 aromatic heterocycles. The third-order valence-corrected chi connectivity index (χ3v) is 5.36. The molecule has 0 amide bonds. The lowest BCUT2D eigenvalue weighted by atomic mass is 10.2. The quantitative estimate of drug-likeness (QED) is 0.601. The standard InChI is InChI=1S/C19H18ClNO2S/c1-3-21(24(22,23)19-13-7-16(2)8-14-19)15-5-4-6-17-9-11-18(20)12-10-17/h4,6-14H,3H2,1-2H3. The van der Waals surface area contributed by atoms with Crippen LogP contribution in [0.1, 0.15) is 18.1 Å². The zero-order valence-corrected chi connectivity index (χ0v) is 15.1. The average molecular weight is 360 g/mol. The van der Waals surface area contributed by atoms with Gasteiger partial charge in [0.25, 0.3) is 10.0 Å². The van der Waals surface area contributed by atoms with E-state index < -0.39 is 10.0 Å². The fourth-order valence-electron chi connectivity index (χ4n) is 1.97. The van der Waals surface area contributed by atoms with Gasteiger partial charge < -0.3 is 0 Å². The van der Waals surface area contributed by atoms with Gasteiger partial charge in [0.05, 0.1) is 4.90 Å². The Kier molecular flexibility index (Phi) is 6.08. The summed E-state index contributed by atoms with van der Waals surface area (Å²) in [5.41, 5.74) is 1.95. The lowest BCUT2D eigenvalue weighted by Gasteiger charge is -2.15. The van der Waals surface area contributed by atoms with Crippen LogP contribution in [0.25, 0.3) is 6.08 Å². The number of aryl methyl sites for hydroxylation is 1. The Balaban J connectivity index is 2.17. The Bertz CT molecular complexity index is 874. The Morgan fingerprint density at radius 3 is 2.29 bits per heavy atom. The van der Waals surface area contributed by atoms with E-state index in [1.165, 1.54) is 0 Å². The Labute approximate surface area is 148 Å². The first-order valence-corrected chi connectivity index (χ1v) is 9.28. The van der Waals surface area contributed by atoms with Gasteiger partial charge in [-0.3, -0.25) is 0 Å². The number of rotatable bonds is 4. The highest BCUT2D eigenvalue weighted by molar-refractivity contribution is 7.89. The average Bonchev–Trinajstić information content (AvgIpc) is 2.56. The fourth-order valence-corrected chi connectivity index (χ4v) is 3.34. The van der Waals surface area contributed by atoms with Crippen LogP contribution in [0.5, 0.6) is 0 Å². The molecule has 3 nitrogen and oxygen atoms in total. The van der Waals surface area contributed by atoms with Crippen molar-refractivity contribution in [3.8, 4) is 12.0 Å². The van der Waals surface area contributed by atoms with Crippen molar-refractivity contribution >= 4 is 27.7 Å². The maximum Gasteiger partial charge on any atom is 0.270 e. The van der Waals surface area contributed by atoms with E-state index in [4.69, 9.17) is 11.6 Å². The van der Waals surface area contributed by atoms with Gasteiger partial charge in [0, 0.05) is 17.6 Å². The molecule has 0 aliphatic carbocycles. The van der Waals surface area contributed by atoms with Crippen LogP contribution >= 0.6 is 11.6 Å². The molecule has 5 heteroatoms. The molecule has 0 atom stereocenters. The smallest absolute Gasteiger partial charge is 0.224 e. The summed E-state index contributed by atoms with van der Waals surface area (Å²) < 4.78 is 26.3. The third-order valence-electron chi connectivity index (χ3n) is 3.31. The number of hydrogen-bond donors (Lipinski definition) is 0. The normalized spacial score (nSPS) is 11.1. The molecule has 24 heavy (non-hydrogen) atoms. The van der Waals surface area contributed by atoms with Crippen molar-refractivity contribution < 1.29 is 8.42 Å². The minimum atomic E-state index is -3.61. The summed E-state index contributed by atoms with van der Waals surface area (Å²) in [7, 11) is -3.61. The molecular weight excluding hydrogens is 342 g/mol. The Morgan fingerprint density at radius 2 is 1.71 bits per heavy atom. The number of halogens is 1. The molecule has 0 bridgehead atoms. The predicted molar refractivity (Wildman–Crippen MR) is 99.0 cm³/mol. The van der Waals surface area contributed by atoms with E-state index in [0.717, 1.165) is 15.4 Å². The second-order valence-electron chi connectivity index (χ2n) is 5.12. The first-order chi connectivity index (χ1) is 11.4. The van der Waals surface area contributed by atoms with Gasteiger partial charge >= 0.3 is 0 Å². The summed E-state index contributed by atoms with van der Waals surface area (Å²) in [6.45, 7) is 3.94. The molecule has 2 rings (SSSR count). The Hall–Kier alpha value is -2.22. The number of allylic oxidation sites excluding steroid dienone is 1. The maximum absolute atomic E-state index is 12.6. The van der Waals surface area contributed by atoms with Crippen LogP contribution in [0.4, 0.5) is 0 Å². The molecule has 0 fully saturated rings. The van der Waals surface area contributed by atoms with Crippen molar-refractivity contribution in [3.05, 3.63) is 70.8 Å². The van der Waals surface area contributed by atoms with Crippen LogP contribution in [-0.4, -0.2) is 19.3 Å². The second kappa shape index (κ2) is 8.05. The summed E-state index contributed by atoms with van der Waals surface area (Å²) in [5.74, 6) is 2.77. The molecule has 0 aliphatic heterocycles.